The molecule has 0 saturated carbocycles. The fourth-order valence-electron chi connectivity index (χ4n) is 1.65. The molecule has 3 heteroatoms. The third kappa shape index (κ3) is 1.57. The van der Waals surface area contributed by atoms with E-state index in [0.717, 1.165) is 17.1 Å². The van der Waals surface area contributed by atoms with E-state index in [0.29, 0.717) is 16.3 Å². The van der Waals surface area contributed by atoms with Crippen LogP contribution < -0.4 is 4.74 Å². The van der Waals surface area contributed by atoms with E-state index < -0.39 is 0 Å². The molecule has 2 aromatic rings. The van der Waals surface area contributed by atoms with Gasteiger partial charge in [-0.15, -0.1) is 0 Å². The van der Waals surface area contributed by atoms with Gasteiger partial charge >= 0.3 is 0 Å². The Kier molecular flexibility index (Phi) is 2.60. The Balaban J connectivity index is 2.92. The molecule has 0 bridgehead atoms. The van der Waals surface area contributed by atoms with Gasteiger partial charge in [0.15, 0.2) is 6.29 Å². The van der Waals surface area contributed by atoms with Crippen LogP contribution in [0.3, 0.4) is 0 Å². The summed E-state index contributed by atoms with van der Waals surface area (Å²) in [5.74, 6) is 0.609. The molecule has 0 amide bonds. The highest BCUT2D eigenvalue weighted by Gasteiger charge is 2.09. The summed E-state index contributed by atoms with van der Waals surface area (Å²) >= 11 is 6.00. The number of hydrogen-bond acceptors (Lipinski definition) is 2. The lowest BCUT2D eigenvalue weighted by Crippen LogP contribution is -1.90. The van der Waals surface area contributed by atoms with E-state index in [1.807, 2.05) is 24.3 Å². The van der Waals surface area contributed by atoms with Crippen molar-refractivity contribution < 1.29 is 9.53 Å². The number of halogens is 1. The summed E-state index contributed by atoms with van der Waals surface area (Å²) in [5.41, 5.74) is 0.580. The first-order valence-corrected chi connectivity index (χ1v) is 4.86. The molecule has 2 aromatic carbocycles. The fraction of sp³-hybridized carbons (Fsp3) is 0.0833. The molecule has 0 aliphatic carbocycles. The second-order valence-corrected chi connectivity index (χ2v) is 3.55. The Bertz CT molecular complexity index is 520. The van der Waals surface area contributed by atoms with Crippen molar-refractivity contribution in [2.75, 3.05) is 7.11 Å². The van der Waals surface area contributed by atoms with E-state index in [4.69, 9.17) is 16.3 Å². The van der Waals surface area contributed by atoms with Crippen molar-refractivity contribution in [3.8, 4) is 5.75 Å². The number of benzene rings is 2. The van der Waals surface area contributed by atoms with Crippen molar-refractivity contribution in [3.05, 3.63) is 40.9 Å². The summed E-state index contributed by atoms with van der Waals surface area (Å²) in [6.45, 7) is 0. The number of carbonyl (C=O) groups excluding carboxylic acids is 1. The molecular formula is C12H9ClO2. The van der Waals surface area contributed by atoms with Gasteiger partial charge in [0.1, 0.15) is 5.75 Å². The topological polar surface area (TPSA) is 26.3 Å². The largest absolute Gasteiger partial charge is 0.495 e. The van der Waals surface area contributed by atoms with Crippen molar-refractivity contribution in [2.24, 2.45) is 0 Å². The number of hydrogen-bond donors (Lipinski definition) is 0. The molecule has 15 heavy (non-hydrogen) atoms. The number of rotatable bonds is 2. The maximum atomic E-state index is 10.9. The van der Waals surface area contributed by atoms with Crippen molar-refractivity contribution in [3.63, 3.8) is 0 Å². The number of carbonyl (C=O) groups is 1. The van der Waals surface area contributed by atoms with E-state index in [1.54, 1.807) is 13.2 Å². The van der Waals surface area contributed by atoms with Crippen LogP contribution in [-0.2, 0) is 0 Å². The van der Waals surface area contributed by atoms with Crippen LogP contribution in [0, 0.1) is 0 Å². The second-order valence-electron chi connectivity index (χ2n) is 3.14. The molecule has 0 aliphatic rings. The second kappa shape index (κ2) is 3.91. The van der Waals surface area contributed by atoms with Crippen LogP contribution in [0.1, 0.15) is 10.4 Å². The summed E-state index contributed by atoms with van der Waals surface area (Å²) in [4.78, 5) is 10.9. The van der Waals surface area contributed by atoms with E-state index in [9.17, 15) is 4.79 Å². The van der Waals surface area contributed by atoms with Crippen LogP contribution >= 0.6 is 11.6 Å². The minimum atomic E-state index is 0.457. The Hall–Kier alpha value is -1.54. The van der Waals surface area contributed by atoms with Gasteiger partial charge in [-0.2, -0.15) is 0 Å². The number of fused-ring (bicyclic) bond motifs is 1. The van der Waals surface area contributed by atoms with Crippen molar-refractivity contribution in [1.29, 1.82) is 0 Å². The number of aldehydes is 1. The molecular weight excluding hydrogens is 212 g/mol. The van der Waals surface area contributed by atoms with Gasteiger partial charge in [0.25, 0.3) is 0 Å². The molecule has 0 N–H and O–H groups in total. The van der Waals surface area contributed by atoms with Gasteiger partial charge in [0.2, 0.25) is 0 Å². The molecule has 0 radical (unpaired) electrons. The maximum Gasteiger partial charge on any atom is 0.150 e. The van der Waals surface area contributed by atoms with Gasteiger partial charge in [-0.1, -0.05) is 35.9 Å². The normalized spacial score (nSPS) is 10.3. The minimum absolute atomic E-state index is 0.457. The van der Waals surface area contributed by atoms with Gasteiger partial charge in [-0.3, -0.25) is 4.79 Å². The quantitative estimate of drug-likeness (QED) is 0.726. The fourth-order valence-corrected chi connectivity index (χ4v) is 1.94. The SMILES string of the molecule is COc1c(Cl)cc(C=O)c2ccccc12. The van der Waals surface area contributed by atoms with Crippen LogP contribution in [0.4, 0.5) is 0 Å². The van der Waals surface area contributed by atoms with Crippen LogP contribution in [-0.4, -0.2) is 13.4 Å². The molecule has 0 atom stereocenters. The Morgan fingerprint density at radius 1 is 1.27 bits per heavy atom. The lowest BCUT2D eigenvalue weighted by Gasteiger charge is -2.09. The van der Waals surface area contributed by atoms with Gasteiger partial charge in [-0.25, -0.2) is 0 Å². The van der Waals surface area contributed by atoms with E-state index in [-0.39, 0.29) is 0 Å². The summed E-state index contributed by atoms with van der Waals surface area (Å²) in [7, 11) is 1.56. The first kappa shape index (κ1) is 9.99. The predicted molar refractivity (Wildman–Crippen MR) is 60.9 cm³/mol. The van der Waals surface area contributed by atoms with E-state index in [1.165, 1.54) is 0 Å². The molecule has 0 aliphatic heterocycles. The number of methoxy groups -OCH3 is 1. The zero-order chi connectivity index (χ0) is 10.8. The van der Waals surface area contributed by atoms with Crippen molar-refractivity contribution >= 4 is 28.7 Å². The first-order valence-electron chi connectivity index (χ1n) is 4.48. The summed E-state index contributed by atoms with van der Waals surface area (Å²) in [6, 6.07) is 9.14. The number of ether oxygens (including phenoxy) is 1. The molecule has 0 unspecified atom stereocenters. The molecule has 0 saturated heterocycles. The zero-order valence-electron chi connectivity index (χ0n) is 8.16. The Morgan fingerprint density at radius 3 is 2.53 bits per heavy atom. The highest BCUT2D eigenvalue weighted by molar-refractivity contribution is 6.34. The highest BCUT2D eigenvalue weighted by Crippen LogP contribution is 2.34. The smallest absolute Gasteiger partial charge is 0.150 e. The Morgan fingerprint density at radius 2 is 1.93 bits per heavy atom. The van der Waals surface area contributed by atoms with Crippen LogP contribution in [0.15, 0.2) is 30.3 Å². The third-order valence-electron chi connectivity index (χ3n) is 2.31. The van der Waals surface area contributed by atoms with Gasteiger partial charge < -0.3 is 4.74 Å². The molecule has 2 rings (SSSR count). The van der Waals surface area contributed by atoms with Crippen LogP contribution in [0.25, 0.3) is 10.8 Å². The van der Waals surface area contributed by atoms with Crippen LogP contribution in [0.5, 0.6) is 5.75 Å². The highest BCUT2D eigenvalue weighted by atomic mass is 35.5. The first-order chi connectivity index (χ1) is 7.27. The van der Waals surface area contributed by atoms with Crippen LogP contribution in [0.2, 0.25) is 5.02 Å². The molecule has 0 fully saturated rings. The molecule has 0 spiro atoms. The average molecular weight is 221 g/mol. The summed E-state index contributed by atoms with van der Waals surface area (Å²) in [6.07, 6.45) is 0.799. The van der Waals surface area contributed by atoms with E-state index in [2.05, 4.69) is 0 Å². The molecule has 2 nitrogen and oxygen atoms in total. The summed E-state index contributed by atoms with van der Waals surface area (Å²) < 4.78 is 5.21. The Labute approximate surface area is 92.4 Å². The molecule has 0 aromatic heterocycles. The van der Waals surface area contributed by atoms with Gasteiger partial charge in [0, 0.05) is 10.9 Å². The van der Waals surface area contributed by atoms with Crippen molar-refractivity contribution in [2.45, 2.75) is 0 Å². The standard InChI is InChI=1S/C12H9ClO2/c1-15-12-10-5-3-2-4-9(10)8(7-14)6-11(12)13/h2-7H,1H3. The molecule has 76 valence electrons. The zero-order valence-corrected chi connectivity index (χ0v) is 8.91. The maximum absolute atomic E-state index is 10.9. The van der Waals surface area contributed by atoms with Crippen molar-refractivity contribution in [1.82, 2.24) is 0 Å². The minimum Gasteiger partial charge on any atom is -0.495 e. The van der Waals surface area contributed by atoms with E-state index >= 15 is 0 Å². The monoisotopic (exact) mass is 220 g/mol. The lowest BCUT2D eigenvalue weighted by molar-refractivity contribution is 0.112. The summed E-state index contributed by atoms with van der Waals surface area (Å²) in [5, 5.41) is 2.17. The van der Waals surface area contributed by atoms with Gasteiger partial charge in [0.05, 0.1) is 12.1 Å². The molecule has 0 heterocycles. The van der Waals surface area contributed by atoms with Gasteiger partial charge in [-0.05, 0) is 11.5 Å². The average Bonchev–Trinajstić information content (AvgIpc) is 2.28. The predicted octanol–water partition coefficient (Wildman–Crippen LogP) is 3.31. The lowest BCUT2D eigenvalue weighted by atomic mass is 10.0. The third-order valence-corrected chi connectivity index (χ3v) is 2.59.